The summed E-state index contributed by atoms with van der Waals surface area (Å²) in [4.78, 5) is 8.23. The van der Waals surface area contributed by atoms with Crippen LogP contribution in [0.3, 0.4) is 0 Å². The lowest BCUT2D eigenvalue weighted by atomic mass is 10.1. The van der Waals surface area contributed by atoms with Crippen LogP contribution in [0.4, 0.5) is 0 Å². The molecule has 20 heavy (non-hydrogen) atoms. The number of H-pyrrole nitrogens is 1. The van der Waals surface area contributed by atoms with Gasteiger partial charge in [-0.25, -0.2) is 4.98 Å². The summed E-state index contributed by atoms with van der Waals surface area (Å²) >= 11 is 0. The summed E-state index contributed by atoms with van der Waals surface area (Å²) in [6.07, 6.45) is 0.851. The van der Waals surface area contributed by atoms with Crippen LogP contribution in [-0.4, -0.2) is 16.6 Å². The van der Waals surface area contributed by atoms with Crippen LogP contribution >= 0.6 is 0 Å². The third kappa shape index (κ3) is 1.79. The molecule has 3 aromatic rings. The maximum absolute atomic E-state index is 5.77. The van der Waals surface area contributed by atoms with Gasteiger partial charge >= 0.3 is 0 Å². The highest BCUT2D eigenvalue weighted by molar-refractivity contribution is 5.73. The maximum Gasteiger partial charge on any atom is 0.138 e. The number of hydrogen-bond donors (Lipinski definition) is 1. The molecular formula is C17H14N2O. The predicted octanol–water partition coefficient (Wildman–Crippen LogP) is 3.68. The highest BCUT2D eigenvalue weighted by Crippen LogP contribution is 2.35. The van der Waals surface area contributed by atoms with Crippen molar-refractivity contribution in [3.05, 3.63) is 60.3 Å². The number of ether oxygens (including phenoxy) is 1. The van der Waals surface area contributed by atoms with E-state index < -0.39 is 0 Å². The van der Waals surface area contributed by atoms with Crippen molar-refractivity contribution < 1.29 is 4.74 Å². The zero-order valence-corrected chi connectivity index (χ0v) is 11.0. The Morgan fingerprint density at radius 2 is 1.75 bits per heavy atom. The monoisotopic (exact) mass is 262 g/mol. The second-order valence-corrected chi connectivity index (χ2v) is 4.87. The maximum atomic E-state index is 5.77. The van der Waals surface area contributed by atoms with E-state index in [1.165, 1.54) is 0 Å². The summed E-state index contributed by atoms with van der Waals surface area (Å²) in [5.74, 6) is 1.84. The largest absolute Gasteiger partial charge is 0.492 e. The van der Waals surface area contributed by atoms with Crippen molar-refractivity contribution in [2.24, 2.45) is 0 Å². The SMILES string of the molecule is c1ccc(-c2nc3c([nH]2)CCOc2ccccc2-3)cc1. The van der Waals surface area contributed by atoms with E-state index in [9.17, 15) is 0 Å². The number of imidazole rings is 1. The summed E-state index contributed by atoms with van der Waals surface area (Å²) in [7, 11) is 0. The Labute approximate surface area is 117 Å². The molecule has 2 aromatic carbocycles. The first kappa shape index (κ1) is 11.3. The zero-order valence-electron chi connectivity index (χ0n) is 11.0. The summed E-state index contributed by atoms with van der Waals surface area (Å²) in [5.41, 5.74) is 4.34. The molecule has 98 valence electrons. The molecular weight excluding hydrogens is 248 g/mol. The molecule has 0 bridgehead atoms. The normalized spacial score (nSPS) is 13.0. The molecule has 0 spiro atoms. The van der Waals surface area contributed by atoms with Crippen molar-refractivity contribution in [2.45, 2.75) is 6.42 Å². The second kappa shape index (κ2) is 4.53. The standard InChI is InChI=1S/C17H14N2O/c1-2-6-12(7-3-1)17-18-14-10-11-20-15-9-5-4-8-13(15)16(14)19-17/h1-9H,10-11H2,(H,18,19). The van der Waals surface area contributed by atoms with E-state index >= 15 is 0 Å². The van der Waals surface area contributed by atoms with Crippen LogP contribution in [0.5, 0.6) is 5.75 Å². The van der Waals surface area contributed by atoms with Crippen molar-refractivity contribution in [3.8, 4) is 28.4 Å². The van der Waals surface area contributed by atoms with Gasteiger partial charge in [-0.2, -0.15) is 0 Å². The lowest BCUT2D eigenvalue weighted by Gasteiger charge is -2.05. The van der Waals surface area contributed by atoms with Crippen molar-refractivity contribution in [2.75, 3.05) is 6.61 Å². The number of para-hydroxylation sites is 1. The summed E-state index contributed by atoms with van der Waals surface area (Å²) in [6, 6.07) is 18.3. The first-order valence-corrected chi connectivity index (χ1v) is 6.78. The third-order valence-corrected chi connectivity index (χ3v) is 3.58. The van der Waals surface area contributed by atoms with Crippen LogP contribution < -0.4 is 4.74 Å². The fourth-order valence-electron chi connectivity index (χ4n) is 2.60. The lowest BCUT2D eigenvalue weighted by Crippen LogP contribution is -1.99. The molecule has 0 saturated carbocycles. The number of aromatic amines is 1. The molecule has 1 aromatic heterocycles. The highest BCUT2D eigenvalue weighted by atomic mass is 16.5. The lowest BCUT2D eigenvalue weighted by molar-refractivity contribution is 0.325. The average Bonchev–Trinajstić information content (AvgIpc) is 2.85. The van der Waals surface area contributed by atoms with Gasteiger partial charge in [0.25, 0.3) is 0 Å². The van der Waals surface area contributed by atoms with Crippen LogP contribution in [0.15, 0.2) is 54.6 Å². The number of fused-ring (bicyclic) bond motifs is 3. The molecule has 4 rings (SSSR count). The highest BCUT2D eigenvalue weighted by Gasteiger charge is 2.19. The minimum Gasteiger partial charge on any atom is -0.492 e. The van der Waals surface area contributed by atoms with Crippen molar-refractivity contribution in [1.82, 2.24) is 9.97 Å². The Hall–Kier alpha value is -2.55. The van der Waals surface area contributed by atoms with Gasteiger partial charge < -0.3 is 9.72 Å². The van der Waals surface area contributed by atoms with Gasteiger partial charge in [0.2, 0.25) is 0 Å². The Morgan fingerprint density at radius 1 is 0.950 bits per heavy atom. The summed E-state index contributed by atoms with van der Waals surface area (Å²) < 4.78 is 5.77. The van der Waals surface area contributed by atoms with Crippen molar-refractivity contribution in [1.29, 1.82) is 0 Å². The van der Waals surface area contributed by atoms with E-state index in [1.807, 2.05) is 36.4 Å². The number of nitrogens with zero attached hydrogens (tertiary/aromatic N) is 1. The number of hydrogen-bond acceptors (Lipinski definition) is 2. The first-order chi connectivity index (χ1) is 9.92. The van der Waals surface area contributed by atoms with E-state index in [0.29, 0.717) is 6.61 Å². The van der Waals surface area contributed by atoms with Gasteiger partial charge in [-0.05, 0) is 12.1 Å². The van der Waals surface area contributed by atoms with Crippen molar-refractivity contribution in [3.63, 3.8) is 0 Å². The third-order valence-electron chi connectivity index (χ3n) is 3.58. The minimum atomic E-state index is 0.681. The molecule has 0 aliphatic carbocycles. The zero-order chi connectivity index (χ0) is 13.4. The average molecular weight is 262 g/mol. The molecule has 1 N–H and O–H groups in total. The molecule has 3 heteroatoms. The molecule has 0 unspecified atom stereocenters. The fraction of sp³-hybridized carbons (Fsp3) is 0.118. The molecule has 1 aliphatic rings. The minimum absolute atomic E-state index is 0.681. The molecule has 2 heterocycles. The second-order valence-electron chi connectivity index (χ2n) is 4.87. The summed E-state index contributed by atoms with van der Waals surface area (Å²) in [6.45, 7) is 0.681. The molecule has 0 atom stereocenters. The fourth-order valence-corrected chi connectivity index (χ4v) is 2.60. The molecule has 1 aliphatic heterocycles. The quantitative estimate of drug-likeness (QED) is 0.726. The van der Waals surface area contributed by atoms with E-state index in [0.717, 1.165) is 40.5 Å². The molecule has 0 saturated heterocycles. The molecule has 0 radical (unpaired) electrons. The summed E-state index contributed by atoms with van der Waals surface area (Å²) in [5, 5.41) is 0. The van der Waals surface area contributed by atoms with Crippen LogP contribution in [0.2, 0.25) is 0 Å². The topological polar surface area (TPSA) is 37.9 Å². The Balaban J connectivity index is 1.88. The number of benzene rings is 2. The van der Waals surface area contributed by atoms with E-state index in [1.54, 1.807) is 0 Å². The number of rotatable bonds is 1. The van der Waals surface area contributed by atoms with Gasteiger partial charge in [0, 0.05) is 23.2 Å². The smallest absolute Gasteiger partial charge is 0.138 e. The van der Waals surface area contributed by atoms with Gasteiger partial charge in [0.05, 0.1) is 12.3 Å². The molecule has 0 fully saturated rings. The predicted molar refractivity (Wildman–Crippen MR) is 78.7 cm³/mol. The number of nitrogens with one attached hydrogen (secondary N) is 1. The molecule has 3 nitrogen and oxygen atoms in total. The van der Waals surface area contributed by atoms with Gasteiger partial charge in [-0.3, -0.25) is 0 Å². The number of aromatic nitrogens is 2. The van der Waals surface area contributed by atoms with E-state index in [2.05, 4.69) is 23.2 Å². The molecule has 0 amide bonds. The van der Waals surface area contributed by atoms with Crippen LogP contribution in [0.1, 0.15) is 5.69 Å². The Morgan fingerprint density at radius 3 is 2.65 bits per heavy atom. The van der Waals surface area contributed by atoms with Gasteiger partial charge in [-0.1, -0.05) is 42.5 Å². The van der Waals surface area contributed by atoms with Gasteiger partial charge in [-0.15, -0.1) is 0 Å². The van der Waals surface area contributed by atoms with E-state index in [-0.39, 0.29) is 0 Å². The van der Waals surface area contributed by atoms with Crippen LogP contribution in [-0.2, 0) is 6.42 Å². The van der Waals surface area contributed by atoms with Crippen LogP contribution in [0.25, 0.3) is 22.6 Å². The Kier molecular flexibility index (Phi) is 2.56. The van der Waals surface area contributed by atoms with Crippen molar-refractivity contribution >= 4 is 0 Å². The van der Waals surface area contributed by atoms with Gasteiger partial charge in [0.1, 0.15) is 11.6 Å². The van der Waals surface area contributed by atoms with Crippen LogP contribution in [0, 0.1) is 0 Å². The van der Waals surface area contributed by atoms with E-state index in [4.69, 9.17) is 9.72 Å². The Bertz CT molecular complexity index is 747. The first-order valence-electron chi connectivity index (χ1n) is 6.78. The van der Waals surface area contributed by atoms with Gasteiger partial charge in [0.15, 0.2) is 0 Å².